The Morgan fingerprint density at radius 1 is 0.929 bits per heavy atom. The van der Waals surface area contributed by atoms with Gasteiger partial charge in [0.1, 0.15) is 17.8 Å². The van der Waals surface area contributed by atoms with Crippen molar-refractivity contribution in [3.63, 3.8) is 0 Å². The SMILES string of the molecule is COCP(=O)(N[C@@](C)(N)C(=O)O)Oc1c(C(C)C)cc(-c2cc(C(C)C)c(O)c([C@H](C)C3CC3)c2)cc1[C@H](C)C1CC1. The molecule has 2 saturated carbocycles. The van der Waals surface area contributed by atoms with Crippen molar-refractivity contribution in [1.82, 2.24) is 5.09 Å². The maximum absolute atomic E-state index is 14.1. The lowest BCUT2D eigenvalue weighted by Gasteiger charge is -2.31. The third-order valence-corrected chi connectivity index (χ3v) is 10.8. The van der Waals surface area contributed by atoms with Crippen molar-refractivity contribution in [1.29, 1.82) is 0 Å². The number of ether oxygens (including phenoxy) is 1. The molecule has 0 radical (unpaired) electrons. The Morgan fingerprint density at radius 2 is 1.38 bits per heavy atom. The molecule has 8 nitrogen and oxygen atoms in total. The van der Waals surface area contributed by atoms with Gasteiger partial charge in [0.2, 0.25) is 0 Å². The first-order chi connectivity index (χ1) is 19.6. The van der Waals surface area contributed by atoms with Crippen LogP contribution in [0.25, 0.3) is 11.1 Å². The van der Waals surface area contributed by atoms with Gasteiger partial charge in [0.15, 0.2) is 5.66 Å². The van der Waals surface area contributed by atoms with E-state index in [1.165, 1.54) is 26.9 Å². The van der Waals surface area contributed by atoms with Crippen molar-refractivity contribution in [2.45, 2.75) is 103 Å². The lowest BCUT2D eigenvalue weighted by atomic mass is 9.84. The number of phenols is 1. The predicted octanol–water partition coefficient (Wildman–Crippen LogP) is 7.86. The van der Waals surface area contributed by atoms with E-state index in [9.17, 15) is 19.6 Å². The minimum Gasteiger partial charge on any atom is -0.507 e. The molecule has 9 heteroatoms. The zero-order valence-electron chi connectivity index (χ0n) is 26.4. The Hall–Kier alpha value is -2.38. The molecule has 0 heterocycles. The number of aromatic hydroxyl groups is 1. The second kappa shape index (κ2) is 12.3. The summed E-state index contributed by atoms with van der Waals surface area (Å²) in [7, 11) is -2.52. The maximum atomic E-state index is 14.1. The van der Waals surface area contributed by atoms with E-state index in [0.29, 0.717) is 23.3 Å². The second-order valence-corrected chi connectivity index (χ2v) is 15.4. The highest BCUT2D eigenvalue weighted by Crippen LogP contribution is 2.54. The van der Waals surface area contributed by atoms with Crippen LogP contribution in [0.4, 0.5) is 0 Å². The Balaban J connectivity index is 1.91. The van der Waals surface area contributed by atoms with E-state index in [1.54, 1.807) is 0 Å². The summed E-state index contributed by atoms with van der Waals surface area (Å²) in [5.74, 6) is 1.18. The van der Waals surface area contributed by atoms with Crippen LogP contribution >= 0.6 is 7.52 Å². The summed E-state index contributed by atoms with van der Waals surface area (Å²) in [5.41, 5.74) is 9.76. The molecule has 232 valence electrons. The molecular formula is C33H49N2O6P. The first-order valence-electron chi connectivity index (χ1n) is 15.2. The number of nitrogens with two attached hydrogens (primary N) is 1. The van der Waals surface area contributed by atoms with Crippen molar-refractivity contribution < 1.29 is 28.8 Å². The van der Waals surface area contributed by atoms with E-state index < -0.39 is 19.2 Å². The van der Waals surface area contributed by atoms with Gasteiger partial charge in [0, 0.05) is 7.11 Å². The number of aliphatic carboxylic acids is 1. The van der Waals surface area contributed by atoms with E-state index in [0.717, 1.165) is 46.2 Å². The number of hydrogen-bond acceptors (Lipinski definition) is 6. The van der Waals surface area contributed by atoms with Crippen LogP contribution in [0.2, 0.25) is 0 Å². The van der Waals surface area contributed by atoms with E-state index in [2.05, 4.69) is 70.9 Å². The fraction of sp³-hybridized carbons (Fsp3) is 0.606. The predicted molar refractivity (Wildman–Crippen MR) is 167 cm³/mol. The summed E-state index contributed by atoms with van der Waals surface area (Å²) in [6.07, 6.45) is 4.24. The van der Waals surface area contributed by atoms with Gasteiger partial charge < -0.3 is 25.2 Å². The number of phenolic OH excluding ortho intramolecular Hbond substituents is 1. The molecule has 2 fully saturated rings. The van der Waals surface area contributed by atoms with E-state index in [-0.39, 0.29) is 30.0 Å². The molecule has 42 heavy (non-hydrogen) atoms. The minimum absolute atomic E-state index is 0.0105. The summed E-state index contributed by atoms with van der Waals surface area (Å²) < 4.78 is 25.7. The second-order valence-electron chi connectivity index (χ2n) is 13.4. The summed E-state index contributed by atoms with van der Waals surface area (Å²) in [6, 6.07) is 8.45. The number of nitrogens with one attached hydrogen (secondary N) is 1. The van der Waals surface area contributed by atoms with Gasteiger partial charge in [0.05, 0.1) is 0 Å². The van der Waals surface area contributed by atoms with Gasteiger partial charge in [-0.25, -0.2) is 9.88 Å². The molecule has 2 aromatic rings. The third-order valence-electron chi connectivity index (χ3n) is 8.92. The van der Waals surface area contributed by atoms with Crippen LogP contribution in [0.5, 0.6) is 11.5 Å². The number of carboxylic acid groups (broad SMARTS) is 1. The number of carbonyl (C=O) groups is 1. The van der Waals surface area contributed by atoms with Crippen molar-refractivity contribution in [2.75, 3.05) is 13.5 Å². The fourth-order valence-electron chi connectivity index (χ4n) is 5.85. The molecule has 0 saturated heterocycles. The third kappa shape index (κ3) is 7.05. The van der Waals surface area contributed by atoms with Crippen molar-refractivity contribution in [2.24, 2.45) is 17.6 Å². The van der Waals surface area contributed by atoms with Crippen molar-refractivity contribution in [3.8, 4) is 22.6 Å². The number of methoxy groups -OCH3 is 1. The Morgan fingerprint density at radius 3 is 1.83 bits per heavy atom. The van der Waals surface area contributed by atoms with Crippen LogP contribution < -0.4 is 15.3 Å². The van der Waals surface area contributed by atoms with Gasteiger partial charge in [-0.2, -0.15) is 0 Å². The van der Waals surface area contributed by atoms with Gasteiger partial charge in [-0.15, -0.1) is 0 Å². The summed E-state index contributed by atoms with van der Waals surface area (Å²) in [4.78, 5) is 11.8. The molecule has 1 unspecified atom stereocenters. The molecule has 0 aromatic heterocycles. The molecule has 2 aromatic carbocycles. The molecular weight excluding hydrogens is 551 g/mol. The van der Waals surface area contributed by atoms with Crippen LogP contribution in [-0.2, 0) is 14.1 Å². The molecule has 0 bridgehead atoms. The zero-order valence-corrected chi connectivity index (χ0v) is 27.3. The van der Waals surface area contributed by atoms with E-state index >= 15 is 0 Å². The molecule has 0 aliphatic heterocycles. The highest BCUT2D eigenvalue weighted by molar-refractivity contribution is 7.57. The smallest absolute Gasteiger partial charge is 0.343 e. The topological polar surface area (TPSA) is 131 Å². The van der Waals surface area contributed by atoms with Crippen LogP contribution in [-0.4, -0.2) is 35.3 Å². The number of benzene rings is 2. The maximum Gasteiger partial charge on any atom is 0.343 e. The van der Waals surface area contributed by atoms with Gasteiger partial charge in [-0.3, -0.25) is 4.57 Å². The van der Waals surface area contributed by atoms with E-state index in [1.807, 2.05) is 0 Å². The molecule has 0 spiro atoms. The largest absolute Gasteiger partial charge is 0.507 e. The molecule has 4 atom stereocenters. The van der Waals surface area contributed by atoms with Crippen LogP contribution in [0.15, 0.2) is 24.3 Å². The van der Waals surface area contributed by atoms with Crippen LogP contribution in [0, 0.1) is 11.8 Å². The summed E-state index contributed by atoms with van der Waals surface area (Å²) >= 11 is 0. The lowest BCUT2D eigenvalue weighted by molar-refractivity contribution is -0.143. The highest BCUT2D eigenvalue weighted by atomic mass is 31.2. The molecule has 2 aliphatic rings. The summed E-state index contributed by atoms with van der Waals surface area (Å²) in [6.45, 7) is 14.0. The van der Waals surface area contributed by atoms with Gasteiger partial charge in [-0.05, 0) is 126 Å². The number of hydrogen-bond donors (Lipinski definition) is 4. The van der Waals surface area contributed by atoms with Crippen molar-refractivity contribution in [3.05, 3.63) is 46.5 Å². The van der Waals surface area contributed by atoms with Crippen LogP contribution in [0.1, 0.15) is 120 Å². The van der Waals surface area contributed by atoms with Gasteiger partial charge in [0.25, 0.3) is 0 Å². The average Bonchev–Trinajstić information content (AvgIpc) is 3.81. The average molecular weight is 601 g/mol. The Labute approximate surface area is 250 Å². The minimum atomic E-state index is -3.91. The Bertz CT molecular complexity index is 1360. The summed E-state index contributed by atoms with van der Waals surface area (Å²) in [5, 5.41) is 23.5. The normalized spacial score (nSPS) is 19.8. The molecule has 4 rings (SSSR count). The van der Waals surface area contributed by atoms with E-state index in [4.69, 9.17) is 15.0 Å². The molecule has 5 N–H and O–H groups in total. The van der Waals surface area contributed by atoms with Crippen LogP contribution in [0.3, 0.4) is 0 Å². The quantitative estimate of drug-likeness (QED) is 0.127. The first kappa shape index (κ1) is 32.5. The first-order valence-corrected chi connectivity index (χ1v) is 17.0. The fourth-order valence-corrected chi connectivity index (χ4v) is 7.66. The Kier molecular flexibility index (Phi) is 9.54. The standard InChI is InChI=1S/C33H49N2O6P/c1-18(2)26-13-24(15-28(30(26)36)20(5)22-9-10-22)25-14-27(19(3)4)31(29(16-25)21(6)23-11-12-23)41-42(39,17-40-8)35-33(7,34)32(37)38/h13-16,18-23,36H,9-12,17,34H2,1-8H3,(H,35,39)(H,37,38)/t20-,21-,33-,42?/m1/s1. The monoisotopic (exact) mass is 600 g/mol. The lowest BCUT2D eigenvalue weighted by Crippen LogP contribution is -2.56. The van der Waals surface area contributed by atoms with Crippen molar-refractivity contribution >= 4 is 13.5 Å². The highest BCUT2D eigenvalue weighted by Gasteiger charge is 2.41. The molecule has 0 amide bonds. The van der Waals surface area contributed by atoms with Gasteiger partial charge >= 0.3 is 13.5 Å². The molecule has 2 aliphatic carbocycles. The van der Waals surface area contributed by atoms with Gasteiger partial charge in [-0.1, -0.05) is 41.5 Å². The zero-order chi connectivity index (χ0) is 31.1. The number of carboxylic acids is 1. The number of rotatable bonds is 14.